The van der Waals surface area contributed by atoms with Crippen molar-refractivity contribution in [2.24, 2.45) is 0 Å². The minimum Gasteiger partial charge on any atom is -0.216 e. The normalized spacial score (nSPS) is 10.7. The molecule has 0 N–H and O–H groups in total. The number of hydrogen-bond acceptors (Lipinski definition) is 3. The fraction of sp³-hybridized carbons (Fsp3) is 0.167. The number of aromatic nitrogens is 4. The summed E-state index contributed by atoms with van der Waals surface area (Å²) in [5, 5.41) is 4.09. The third-order valence-corrected chi connectivity index (χ3v) is 1.48. The largest absolute Gasteiger partial charge is 0.253 e. The molecule has 0 amide bonds. The molecule has 2 aromatic heterocycles. The van der Waals surface area contributed by atoms with Gasteiger partial charge in [-0.15, -0.1) is 5.10 Å². The third kappa shape index (κ3) is 1.05. The maximum atomic E-state index is 5.55. The van der Waals surface area contributed by atoms with Crippen LogP contribution in [-0.4, -0.2) is 19.6 Å². The van der Waals surface area contributed by atoms with Gasteiger partial charge in [-0.3, -0.25) is 0 Å². The second-order valence-electron chi connectivity index (χ2n) is 2.19. The minimum atomic E-state index is 0.225. The molecule has 2 aromatic rings. The maximum absolute atomic E-state index is 5.55. The van der Waals surface area contributed by atoms with Crippen molar-refractivity contribution in [2.45, 2.75) is 6.92 Å². The second-order valence-corrected chi connectivity index (χ2v) is 2.53. The van der Waals surface area contributed by atoms with Gasteiger partial charge >= 0.3 is 0 Å². The molecular formula is C6H5ClN4. The van der Waals surface area contributed by atoms with E-state index in [-0.39, 0.29) is 5.28 Å². The van der Waals surface area contributed by atoms with E-state index in [0.717, 1.165) is 5.69 Å². The lowest BCUT2D eigenvalue weighted by atomic mass is 10.5. The van der Waals surface area contributed by atoms with E-state index in [0.29, 0.717) is 5.78 Å². The van der Waals surface area contributed by atoms with Gasteiger partial charge in [-0.2, -0.15) is 4.98 Å². The number of halogens is 1. The van der Waals surface area contributed by atoms with Crippen LogP contribution in [0.1, 0.15) is 5.69 Å². The van der Waals surface area contributed by atoms with Gasteiger partial charge in [-0.25, -0.2) is 9.50 Å². The molecule has 2 rings (SSSR count). The van der Waals surface area contributed by atoms with E-state index in [9.17, 15) is 0 Å². The highest BCUT2D eigenvalue weighted by atomic mass is 35.5. The molecule has 0 saturated carbocycles. The van der Waals surface area contributed by atoms with Gasteiger partial charge in [0, 0.05) is 11.9 Å². The van der Waals surface area contributed by atoms with Gasteiger partial charge in [0.25, 0.3) is 5.78 Å². The molecule has 0 aromatic carbocycles. The van der Waals surface area contributed by atoms with E-state index < -0.39 is 0 Å². The zero-order valence-electron chi connectivity index (χ0n) is 5.82. The second kappa shape index (κ2) is 2.17. The van der Waals surface area contributed by atoms with Crippen LogP contribution in [0.15, 0.2) is 12.3 Å². The summed E-state index contributed by atoms with van der Waals surface area (Å²) in [6, 6.07) is 1.85. The molecular weight excluding hydrogens is 164 g/mol. The number of nitrogens with zero attached hydrogens (tertiary/aromatic N) is 4. The Kier molecular flexibility index (Phi) is 1.29. The van der Waals surface area contributed by atoms with Gasteiger partial charge in [0.15, 0.2) is 0 Å². The molecule has 0 spiro atoms. The topological polar surface area (TPSA) is 43.1 Å². The lowest BCUT2D eigenvalue weighted by Gasteiger charge is -1.89. The predicted molar refractivity (Wildman–Crippen MR) is 40.5 cm³/mol. The molecule has 0 saturated heterocycles. The molecule has 5 heteroatoms. The Labute approximate surface area is 67.8 Å². The van der Waals surface area contributed by atoms with E-state index in [4.69, 9.17) is 11.6 Å². The Morgan fingerprint density at radius 1 is 1.45 bits per heavy atom. The van der Waals surface area contributed by atoms with Crippen molar-refractivity contribution in [3.05, 3.63) is 23.2 Å². The van der Waals surface area contributed by atoms with Crippen LogP contribution in [0.5, 0.6) is 0 Å². The van der Waals surface area contributed by atoms with E-state index in [2.05, 4.69) is 15.1 Å². The van der Waals surface area contributed by atoms with E-state index in [1.54, 1.807) is 6.20 Å². The molecule has 0 aliphatic carbocycles. The maximum Gasteiger partial charge on any atom is 0.253 e. The van der Waals surface area contributed by atoms with Gasteiger partial charge in [0.05, 0.1) is 0 Å². The van der Waals surface area contributed by atoms with Crippen molar-refractivity contribution in [2.75, 3.05) is 0 Å². The molecule has 11 heavy (non-hydrogen) atoms. The van der Waals surface area contributed by atoms with Crippen molar-refractivity contribution in [3.63, 3.8) is 0 Å². The number of rotatable bonds is 0. The number of aryl methyl sites for hydroxylation is 1. The first kappa shape index (κ1) is 6.54. The molecule has 0 fully saturated rings. The lowest BCUT2D eigenvalue weighted by Crippen LogP contribution is -1.90. The van der Waals surface area contributed by atoms with Crippen LogP contribution >= 0.6 is 11.6 Å². The summed E-state index contributed by atoms with van der Waals surface area (Å²) >= 11 is 5.55. The molecule has 0 bridgehead atoms. The summed E-state index contributed by atoms with van der Waals surface area (Å²) in [6.45, 7) is 1.89. The molecule has 0 atom stereocenters. The van der Waals surface area contributed by atoms with Crippen LogP contribution < -0.4 is 0 Å². The SMILES string of the molecule is Cc1ccn2nc(Cl)nc2n1. The Balaban J connectivity index is 2.82. The van der Waals surface area contributed by atoms with Crippen LogP contribution in [0.3, 0.4) is 0 Å². The van der Waals surface area contributed by atoms with Crippen LogP contribution in [0.4, 0.5) is 0 Å². The smallest absolute Gasteiger partial charge is 0.216 e. The fourth-order valence-corrected chi connectivity index (χ4v) is 0.996. The number of fused-ring (bicyclic) bond motifs is 1. The summed E-state index contributed by atoms with van der Waals surface area (Å²) in [7, 11) is 0. The predicted octanol–water partition coefficient (Wildman–Crippen LogP) is 1.09. The molecule has 56 valence electrons. The van der Waals surface area contributed by atoms with Crippen LogP contribution in [-0.2, 0) is 0 Å². The highest BCUT2D eigenvalue weighted by molar-refractivity contribution is 6.28. The van der Waals surface area contributed by atoms with Gasteiger partial charge in [0.2, 0.25) is 5.28 Å². The van der Waals surface area contributed by atoms with Gasteiger partial charge in [-0.1, -0.05) is 0 Å². The van der Waals surface area contributed by atoms with Crippen LogP contribution in [0.25, 0.3) is 5.78 Å². The van der Waals surface area contributed by atoms with Gasteiger partial charge < -0.3 is 0 Å². The Morgan fingerprint density at radius 3 is 3.09 bits per heavy atom. The first-order valence-electron chi connectivity index (χ1n) is 3.11. The monoisotopic (exact) mass is 168 g/mol. The highest BCUT2D eigenvalue weighted by Crippen LogP contribution is 2.03. The lowest BCUT2D eigenvalue weighted by molar-refractivity contribution is 0.929. The van der Waals surface area contributed by atoms with Crippen molar-refractivity contribution in [1.29, 1.82) is 0 Å². The number of hydrogen-bond donors (Lipinski definition) is 0. The highest BCUT2D eigenvalue weighted by Gasteiger charge is 1.99. The van der Waals surface area contributed by atoms with Gasteiger partial charge in [-0.05, 0) is 24.6 Å². The van der Waals surface area contributed by atoms with Crippen molar-refractivity contribution >= 4 is 17.4 Å². The molecule has 0 aliphatic heterocycles. The van der Waals surface area contributed by atoms with E-state index in [1.807, 2.05) is 13.0 Å². The molecule has 0 radical (unpaired) electrons. The summed E-state index contributed by atoms with van der Waals surface area (Å²) < 4.78 is 1.54. The standard InChI is InChI=1S/C6H5ClN4/c1-4-2-3-11-6(8-4)9-5(7)10-11/h2-3H,1H3. The van der Waals surface area contributed by atoms with Crippen LogP contribution in [0, 0.1) is 6.92 Å². The average Bonchev–Trinajstić information content (AvgIpc) is 2.27. The quantitative estimate of drug-likeness (QED) is 0.592. The Hall–Kier alpha value is -1.16. The summed E-state index contributed by atoms with van der Waals surface area (Å²) in [5.41, 5.74) is 0.904. The molecule has 0 unspecified atom stereocenters. The van der Waals surface area contributed by atoms with Crippen molar-refractivity contribution in [3.8, 4) is 0 Å². The Morgan fingerprint density at radius 2 is 2.27 bits per heavy atom. The first-order chi connectivity index (χ1) is 5.25. The minimum absolute atomic E-state index is 0.225. The van der Waals surface area contributed by atoms with E-state index >= 15 is 0 Å². The van der Waals surface area contributed by atoms with E-state index in [1.165, 1.54) is 4.52 Å². The Bertz CT molecular complexity index is 394. The zero-order valence-corrected chi connectivity index (χ0v) is 6.58. The average molecular weight is 169 g/mol. The summed E-state index contributed by atoms with van der Waals surface area (Å²) in [6.07, 6.45) is 1.77. The van der Waals surface area contributed by atoms with Crippen LogP contribution in [0.2, 0.25) is 5.28 Å². The molecule has 2 heterocycles. The molecule has 0 aliphatic rings. The molecule has 4 nitrogen and oxygen atoms in total. The summed E-state index contributed by atoms with van der Waals surface area (Å²) in [4.78, 5) is 7.98. The van der Waals surface area contributed by atoms with Gasteiger partial charge in [0.1, 0.15) is 0 Å². The third-order valence-electron chi connectivity index (χ3n) is 1.32. The first-order valence-corrected chi connectivity index (χ1v) is 3.49. The fourth-order valence-electron chi connectivity index (χ4n) is 0.839. The van der Waals surface area contributed by atoms with Crippen molar-refractivity contribution in [1.82, 2.24) is 19.6 Å². The zero-order chi connectivity index (χ0) is 7.84. The van der Waals surface area contributed by atoms with Crippen molar-refractivity contribution < 1.29 is 0 Å². The summed E-state index contributed by atoms with van der Waals surface area (Å²) in [5.74, 6) is 0.537.